The van der Waals surface area contributed by atoms with Crippen molar-refractivity contribution in [1.29, 1.82) is 0 Å². The molecule has 1 unspecified atom stereocenters. The molecule has 1 aliphatic heterocycles. The average molecular weight is 223 g/mol. The molecule has 1 aromatic rings. The smallest absolute Gasteiger partial charge is 0.134 e. The second-order valence-electron chi connectivity index (χ2n) is 3.67. The van der Waals surface area contributed by atoms with Crippen LogP contribution in [0, 0.1) is 0 Å². The minimum Gasteiger partial charge on any atom is -0.377 e. The molecule has 1 aromatic heterocycles. The SMILES string of the molecule is CNc1cc(N2CCOCC2CN)ncn1. The highest BCUT2D eigenvalue weighted by molar-refractivity contribution is 5.49. The van der Waals surface area contributed by atoms with Gasteiger partial charge in [-0.1, -0.05) is 0 Å². The summed E-state index contributed by atoms with van der Waals surface area (Å²) in [6, 6.07) is 2.13. The van der Waals surface area contributed by atoms with Crippen molar-refractivity contribution in [2.24, 2.45) is 5.73 Å². The number of aromatic nitrogens is 2. The van der Waals surface area contributed by atoms with E-state index in [4.69, 9.17) is 10.5 Å². The van der Waals surface area contributed by atoms with E-state index in [-0.39, 0.29) is 6.04 Å². The fraction of sp³-hybridized carbons (Fsp3) is 0.600. The molecule has 0 aliphatic carbocycles. The zero-order valence-electron chi connectivity index (χ0n) is 9.39. The maximum absolute atomic E-state index is 5.72. The van der Waals surface area contributed by atoms with Crippen LogP contribution >= 0.6 is 0 Å². The summed E-state index contributed by atoms with van der Waals surface area (Å²) in [5.41, 5.74) is 5.72. The third-order valence-electron chi connectivity index (χ3n) is 2.70. The van der Waals surface area contributed by atoms with Crippen molar-refractivity contribution in [3.8, 4) is 0 Å². The highest BCUT2D eigenvalue weighted by Gasteiger charge is 2.23. The number of rotatable bonds is 3. The maximum Gasteiger partial charge on any atom is 0.134 e. The molecule has 1 fully saturated rings. The van der Waals surface area contributed by atoms with Crippen LogP contribution in [0.1, 0.15) is 0 Å². The van der Waals surface area contributed by atoms with Crippen LogP contribution < -0.4 is 16.0 Å². The Morgan fingerprint density at radius 3 is 3.25 bits per heavy atom. The van der Waals surface area contributed by atoms with Gasteiger partial charge in [0.15, 0.2) is 0 Å². The molecule has 1 atom stereocenters. The Morgan fingerprint density at radius 2 is 2.50 bits per heavy atom. The minimum atomic E-state index is 0.202. The van der Waals surface area contributed by atoms with Gasteiger partial charge in [-0.2, -0.15) is 0 Å². The molecule has 0 amide bonds. The number of hydrogen-bond donors (Lipinski definition) is 2. The maximum atomic E-state index is 5.72. The third kappa shape index (κ3) is 2.23. The molecule has 3 N–H and O–H groups in total. The van der Waals surface area contributed by atoms with Crippen LogP contribution in [-0.4, -0.2) is 49.4 Å². The number of hydrogen-bond acceptors (Lipinski definition) is 6. The number of nitrogens with one attached hydrogen (secondary N) is 1. The van der Waals surface area contributed by atoms with Crippen molar-refractivity contribution in [1.82, 2.24) is 9.97 Å². The van der Waals surface area contributed by atoms with Gasteiger partial charge in [0.05, 0.1) is 19.3 Å². The Bertz CT molecular complexity index is 346. The van der Waals surface area contributed by atoms with Crippen LogP contribution in [-0.2, 0) is 4.74 Å². The van der Waals surface area contributed by atoms with E-state index in [9.17, 15) is 0 Å². The van der Waals surface area contributed by atoms with Gasteiger partial charge in [-0.3, -0.25) is 0 Å². The Morgan fingerprint density at radius 1 is 1.62 bits per heavy atom. The van der Waals surface area contributed by atoms with E-state index in [0.717, 1.165) is 24.8 Å². The lowest BCUT2D eigenvalue weighted by Gasteiger charge is -2.35. The topological polar surface area (TPSA) is 76.3 Å². The lowest BCUT2D eigenvalue weighted by atomic mass is 10.2. The Hall–Kier alpha value is -1.40. The zero-order chi connectivity index (χ0) is 11.4. The van der Waals surface area contributed by atoms with E-state index in [1.54, 1.807) is 6.33 Å². The summed E-state index contributed by atoms with van der Waals surface area (Å²) in [6.07, 6.45) is 1.56. The fourth-order valence-electron chi connectivity index (χ4n) is 1.79. The Balaban J connectivity index is 2.20. The molecule has 6 heteroatoms. The Labute approximate surface area is 94.8 Å². The van der Waals surface area contributed by atoms with Gasteiger partial charge in [0.25, 0.3) is 0 Å². The normalized spacial score (nSPS) is 20.9. The number of anilines is 2. The first-order valence-corrected chi connectivity index (χ1v) is 5.39. The predicted octanol–water partition coefficient (Wildman–Crippen LogP) is -0.318. The monoisotopic (exact) mass is 223 g/mol. The quantitative estimate of drug-likeness (QED) is 0.731. The molecular formula is C10H17N5O. The standard InChI is InChI=1S/C10H17N5O/c1-12-9-4-10(14-7-13-9)15-2-3-16-6-8(15)5-11/h4,7-8H,2-3,5-6,11H2,1H3,(H,12,13,14). The van der Waals surface area contributed by atoms with Crippen LogP contribution in [0.4, 0.5) is 11.6 Å². The van der Waals surface area contributed by atoms with E-state index >= 15 is 0 Å². The molecule has 1 saturated heterocycles. The van der Waals surface area contributed by atoms with Crippen LogP contribution in [0.3, 0.4) is 0 Å². The van der Waals surface area contributed by atoms with Gasteiger partial charge in [-0.15, -0.1) is 0 Å². The van der Waals surface area contributed by atoms with Crippen LogP contribution in [0.15, 0.2) is 12.4 Å². The molecule has 0 aromatic carbocycles. The summed E-state index contributed by atoms with van der Waals surface area (Å²) in [4.78, 5) is 10.5. The van der Waals surface area contributed by atoms with Crippen LogP contribution in [0.5, 0.6) is 0 Å². The van der Waals surface area contributed by atoms with E-state index < -0.39 is 0 Å². The van der Waals surface area contributed by atoms with E-state index in [1.165, 1.54) is 0 Å². The first-order valence-electron chi connectivity index (χ1n) is 5.39. The summed E-state index contributed by atoms with van der Waals surface area (Å²) in [7, 11) is 1.84. The van der Waals surface area contributed by atoms with Crippen molar-refractivity contribution >= 4 is 11.6 Å². The fourth-order valence-corrected chi connectivity index (χ4v) is 1.79. The first kappa shape index (κ1) is 11.1. The van der Waals surface area contributed by atoms with Crippen molar-refractivity contribution in [2.45, 2.75) is 6.04 Å². The molecule has 2 heterocycles. The third-order valence-corrected chi connectivity index (χ3v) is 2.70. The lowest BCUT2D eigenvalue weighted by Crippen LogP contribution is -2.49. The number of nitrogens with two attached hydrogens (primary N) is 1. The minimum absolute atomic E-state index is 0.202. The van der Waals surface area contributed by atoms with E-state index in [0.29, 0.717) is 13.2 Å². The van der Waals surface area contributed by atoms with Gasteiger partial charge >= 0.3 is 0 Å². The largest absolute Gasteiger partial charge is 0.377 e. The number of nitrogens with zero attached hydrogens (tertiary/aromatic N) is 3. The van der Waals surface area contributed by atoms with Crippen molar-refractivity contribution < 1.29 is 4.74 Å². The van der Waals surface area contributed by atoms with Crippen LogP contribution in [0.25, 0.3) is 0 Å². The highest BCUT2D eigenvalue weighted by Crippen LogP contribution is 2.18. The van der Waals surface area contributed by atoms with Crippen molar-refractivity contribution in [3.63, 3.8) is 0 Å². The molecule has 1 aliphatic rings. The van der Waals surface area contributed by atoms with Crippen molar-refractivity contribution in [2.75, 3.05) is 43.6 Å². The van der Waals surface area contributed by atoms with Crippen LogP contribution in [0.2, 0.25) is 0 Å². The molecule has 0 saturated carbocycles. The van der Waals surface area contributed by atoms with Gasteiger partial charge in [0.1, 0.15) is 18.0 Å². The zero-order valence-corrected chi connectivity index (χ0v) is 9.39. The average Bonchev–Trinajstić information content (AvgIpc) is 2.38. The van der Waals surface area contributed by atoms with Gasteiger partial charge in [-0.25, -0.2) is 9.97 Å². The second-order valence-corrected chi connectivity index (χ2v) is 3.67. The molecule has 0 spiro atoms. The second kappa shape index (κ2) is 5.09. The van der Waals surface area contributed by atoms with Gasteiger partial charge in [0.2, 0.25) is 0 Å². The molecule has 0 bridgehead atoms. The Kier molecular flexibility index (Phi) is 3.53. The number of ether oxygens (including phenoxy) is 1. The van der Waals surface area contributed by atoms with Gasteiger partial charge in [0, 0.05) is 26.2 Å². The molecule has 0 radical (unpaired) electrons. The summed E-state index contributed by atoms with van der Waals surface area (Å²) >= 11 is 0. The predicted molar refractivity (Wildman–Crippen MR) is 62.6 cm³/mol. The molecular weight excluding hydrogens is 206 g/mol. The summed E-state index contributed by atoms with van der Waals surface area (Å²) < 4.78 is 5.40. The number of morpholine rings is 1. The van der Waals surface area contributed by atoms with E-state index in [2.05, 4.69) is 20.2 Å². The summed E-state index contributed by atoms with van der Waals surface area (Å²) in [5.74, 6) is 1.71. The molecule has 88 valence electrons. The van der Waals surface area contributed by atoms with Gasteiger partial charge < -0.3 is 20.7 Å². The molecule has 16 heavy (non-hydrogen) atoms. The van der Waals surface area contributed by atoms with Gasteiger partial charge in [-0.05, 0) is 0 Å². The highest BCUT2D eigenvalue weighted by atomic mass is 16.5. The first-order chi connectivity index (χ1) is 7.85. The summed E-state index contributed by atoms with van der Waals surface area (Å²) in [6.45, 7) is 2.77. The summed E-state index contributed by atoms with van der Waals surface area (Å²) in [5, 5.41) is 3.00. The van der Waals surface area contributed by atoms with E-state index in [1.807, 2.05) is 13.1 Å². The molecule has 6 nitrogen and oxygen atoms in total. The molecule has 2 rings (SSSR count). The van der Waals surface area contributed by atoms with Crippen molar-refractivity contribution in [3.05, 3.63) is 12.4 Å². The lowest BCUT2D eigenvalue weighted by molar-refractivity contribution is 0.0958.